The average molecular weight is 274 g/mol. The second kappa shape index (κ2) is 7.10. The lowest BCUT2D eigenvalue weighted by molar-refractivity contribution is 0.0917. The minimum absolute atomic E-state index is 0.00479. The van der Waals surface area contributed by atoms with E-state index in [-0.39, 0.29) is 11.9 Å². The standard InChI is InChI=1S/C16H22N2O2/c1-3-12-20-15-6-4-13(5-7-15)16(19)17-14-8-10-18(2)11-9-14/h3-7,14H,1,8-12H2,2H3,(H,17,19). The van der Waals surface area contributed by atoms with Crippen LogP contribution in [0.2, 0.25) is 0 Å². The first-order chi connectivity index (χ1) is 9.69. The Morgan fingerprint density at radius 2 is 2.05 bits per heavy atom. The summed E-state index contributed by atoms with van der Waals surface area (Å²) in [6.07, 6.45) is 3.73. The fourth-order valence-electron chi connectivity index (χ4n) is 2.28. The minimum atomic E-state index is -0.00479. The van der Waals surface area contributed by atoms with Crippen molar-refractivity contribution in [3.05, 3.63) is 42.5 Å². The molecule has 0 unspecified atom stereocenters. The van der Waals surface area contributed by atoms with Crippen molar-refractivity contribution >= 4 is 5.91 Å². The van der Waals surface area contributed by atoms with Crippen LogP contribution in [0.25, 0.3) is 0 Å². The molecule has 0 bridgehead atoms. The van der Waals surface area contributed by atoms with Gasteiger partial charge in [-0.25, -0.2) is 0 Å². The van der Waals surface area contributed by atoms with E-state index in [1.165, 1.54) is 0 Å². The lowest BCUT2D eigenvalue weighted by atomic mass is 10.0. The van der Waals surface area contributed by atoms with Gasteiger partial charge in [0.25, 0.3) is 5.91 Å². The number of carbonyl (C=O) groups is 1. The van der Waals surface area contributed by atoms with E-state index in [9.17, 15) is 4.79 Å². The van der Waals surface area contributed by atoms with Crippen LogP contribution in [0.3, 0.4) is 0 Å². The van der Waals surface area contributed by atoms with Gasteiger partial charge in [0.1, 0.15) is 12.4 Å². The second-order valence-corrected chi connectivity index (χ2v) is 5.18. The van der Waals surface area contributed by atoms with E-state index in [0.29, 0.717) is 12.2 Å². The van der Waals surface area contributed by atoms with E-state index < -0.39 is 0 Å². The first-order valence-corrected chi connectivity index (χ1v) is 7.02. The maximum Gasteiger partial charge on any atom is 0.251 e. The summed E-state index contributed by atoms with van der Waals surface area (Å²) in [5.41, 5.74) is 0.676. The Morgan fingerprint density at radius 3 is 2.65 bits per heavy atom. The molecule has 1 N–H and O–H groups in total. The normalized spacial score (nSPS) is 16.6. The van der Waals surface area contributed by atoms with Crippen LogP contribution < -0.4 is 10.1 Å². The first-order valence-electron chi connectivity index (χ1n) is 7.02. The van der Waals surface area contributed by atoms with Crippen molar-refractivity contribution in [2.45, 2.75) is 18.9 Å². The predicted octanol–water partition coefficient (Wildman–Crippen LogP) is 2.08. The molecule has 0 radical (unpaired) electrons. The van der Waals surface area contributed by atoms with Gasteiger partial charge in [-0.3, -0.25) is 4.79 Å². The van der Waals surface area contributed by atoms with Gasteiger partial charge in [0.15, 0.2) is 0 Å². The summed E-state index contributed by atoms with van der Waals surface area (Å²) in [6.45, 7) is 6.15. The number of hydrogen-bond acceptors (Lipinski definition) is 3. The SMILES string of the molecule is C=CCOc1ccc(C(=O)NC2CCN(C)CC2)cc1. The molecule has 1 fully saturated rings. The van der Waals surface area contributed by atoms with Gasteiger partial charge in [-0.1, -0.05) is 12.7 Å². The zero-order valence-corrected chi connectivity index (χ0v) is 12.0. The van der Waals surface area contributed by atoms with Crippen molar-refractivity contribution < 1.29 is 9.53 Å². The van der Waals surface area contributed by atoms with Gasteiger partial charge in [-0.15, -0.1) is 0 Å². The number of rotatable bonds is 5. The van der Waals surface area contributed by atoms with Crippen molar-refractivity contribution in [1.82, 2.24) is 10.2 Å². The molecule has 4 nitrogen and oxygen atoms in total. The average Bonchev–Trinajstić information content (AvgIpc) is 2.48. The van der Waals surface area contributed by atoms with Gasteiger partial charge in [0.05, 0.1) is 0 Å². The Bertz CT molecular complexity index is 448. The molecule has 0 saturated carbocycles. The molecule has 1 aromatic rings. The maximum atomic E-state index is 12.1. The van der Waals surface area contributed by atoms with Crippen LogP contribution >= 0.6 is 0 Å². The number of ether oxygens (including phenoxy) is 1. The van der Waals surface area contributed by atoms with Crippen molar-refractivity contribution in [2.75, 3.05) is 26.7 Å². The topological polar surface area (TPSA) is 41.6 Å². The summed E-state index contributed by atoms with van der Waals surface area (Å²) in [7, 11) is 2.11. The van der Waals surface area contributed by atoms with Gasteiger partial charge in [-0.05, 0) is 57.2 Å². The molecule has 0 spiro atoms. The Hall–Kier alpha value is -1.81. The molecule has 108 valence electrons. The number of carbonyl (C=O) groups excluding carboxylic acids is 1. The Morgan fingerprint density at radius 1 is 1.40 bits per heavy atom. The van der Waals surface area contributed by atoms with Gasteiger partial charge in [0.2, 0.25) is 0 Å². The fourth-order valence-corrected chi connectivity index (χ4v) is 2.28. The highest BCUT2D eigenvalue weighted by atomic mass is 16.5. The van der Waals surface area contributed by atoms with Crippen LogP contribution in [0.4, 0.5) is 0 Å². The Balaban J connectivity index is 1.87. The number of piperidine rings is 1. The summed E-state index contributed by atoms with van der Waals surface area (Å²) in [6, 6.07) is 7.50. The number of likely N-dealkylation sites (tertiary alicyclic amines) is 1. The number of nitrogens with zero attached hydrogens (tertiary/aromatic N) is 1. The highest BCUT2D eigenvalue weighted by Crippen LogP contribution is 2.13. The van der Waals surface area contributed by atoms with Crippen LogP contribution in [0, 0.1) is 0 Å². The summed E-state index contributed by atoms with van der Waals surface area (Å²) in [4.78, 5) is 14.4. The molecular weight excluding hydrogens is 252 g/mol. The zero-order valence-electron chi connectivity index (χ0n) is 12.0. The van der Waals surface area contributed by atoms with Gasteiger partial charge >= 0.3 is 0 Å². The summed E-state index contributed by atoms with van der Waals surface area (Å²) < 4.78 is 5.40. The predicted molar refractivity (Wildman–Crippen MR) is 80.1 cm³/mol. The summed E-state index contributed by atoms with van der Waals surface area (Å²) in [5.74, 6) is 0.746. The van der Waals surface area contributed by atoms with Crippen LogP contribution in [0.1, 0.15) is 23.2 Å². The van der Waals surface area contributed by atoms with Gasteiger partial charge in [-0.2, -0.15) is 0 Å². The Labute approximate surface area is 120 Å². The smallest absolute Gasteiger partial charge is 0.251 e. The van der Waals surface area contributed by atoms with Crippen LogP contribution in [0.15, 0.2) is 36.9 Å². The largest absolute Gasteiger partial charge is 0.490 e. The second-order valence-electron chi connectivity index (χ2n) is 5.18. The number of hydrogen-bond donors (Lipinski definition) is 1. The first kappa shape index (κ1) is 14.6. The van der Waals surface area contributed by atoms with Crippen molar-refractivity contribution in [3.8, 4) is 5.75 Å². The third-order valence-electron chi connectivity index (χ3n) is 3.54. The molecule has 1 aromatic carbocycles. The quantitative estimate of drug-likeness (QED) is 0.836. The third-order valence-corrected chi connectivity index (χ3v) is 3.54. The van der Waals surface area contributed by atoms with Crippen LogP contribution in [-0.2, 0) is 0 Å². The number of benzene rings is 1. The third kappa shape index (κ3) is 4.10. The molecule has 20 heavy (non-hydrogen) atoms. The minimum Gasteiger partial charge on any atom is -0.490 e. The molecule has 0 atom stereocenters. The highest BCUT2D eigenvalue weighted by molar-refractivity contribution is 5.94. The Kier molecular flexibility index (Phi) is 5.18. The monoisotopic (exact) mass is 274 g/mol. The highest BCUT2D eigenvalue weighted by Gasteiger charge is 2.18. The van der Waals surface area contributed by atoms with E-state index in [1.54, 1.807) is 18.2 Å². The molecule has 2 rings (SSSR count). The van der Waals surface area contributed by atoms with Crippen LogP contribution in [-0.4, -0.2) is 43.6 Å². The molecule has 1 amide bonds. The maximum absolute atomic E-state index is 12.1. The van der Waals surface area contributed by atoms with Crippen molar-refractivity contribution in [1.29, 1.82) is 0 Å². The molecule has 0 aliphatic carbocycles. The molecule has 4 heteroatoms. The van der Waals surface area contributed by atoms with E-state index >= 15 is 0 Å². The molecule has 1 aliphatic heterocycles. The number of nitrogens with one attached hydrogen (secondary N) is 1. The van der Waals surface area contributed by atoms with E-state index in [4.69, 9.17) is 4.74 Å². The van der Waals surface area contributed by atoms with E-state index in [2.05, 4.69) is 23.8 Å². The van der Waals surface area contributed by atoms with E-state index in [0.717, 1.165) is 31.7 Å². The summed E-state index contributed by atoms with van der Waals surface area (Å²) >= 11 is 0. The molecule has 1 heterocycles. The molecule has 1 saturated heterocycles. The van der Waals surface area contributed by atoms with Crippen molar-refractivity contribution in [3.63, 3.8) is 0 Å². The number of amides is 1. The lowest BCUT2D eigenvalue weighted by Crippen LogP contribution is -2.43. The van der Waals surface area contributed by atoms with Gasteiger partial charge < -0.3 is 15.0 Å². The van der Waals surface area contributed by atoms with Crippen LogP contribution in [0.5, 0.6) is 5.75 Å². The van der Waals surface area contributed by atoms with E-state index in [1.807, 2.05) is 12.1 Å². The lowest BCUT2D eigenvalue weighted by Gasteiger charge is -2.29. The molecule has 1 aliphatic rings. The summed E-state index contributed by atoms with van der Waals surface area (Å²) in [5, 5.41) is 3.10. The zero-order chi connectivity index (χ0) is 14.4. The van der Waals surface area contributed by atoms with Crippen molar-refractivity contribution in [2.24, 2.45) is 0 Å². The van der Waals surface area contributed by atoms with Gasteiger partial charge in [0, 0.05) is 11.6 Å². The molecule has 0 aromatic heterocycles. The molecular formula is C16H22N2O2. The fraction of sp³-hybridized carbons (Fsp3) is 0.438.